The van der Waals surface area contributed by atoms with Crippen LogP contribution in [0.2, 0.25) is 0 Å². The van der Waals surface area contributed by atoms with Crippen LogP contribution in [0.1, 0.15) is 44.3 Å². The minimum absolute atomic E-state index is 0.165. The molecule has 0 aliphatic rings. The van der Waals surface area contributed by atoms with Crippen LogP contribution in [0, 0.1) is 5.82 Å². The maximum atomic E-state index is 13.2. The van der Waals surface area contributed by atoms with Crippen molar-refractivity contribution in [2.45, 2.75) is 45.0 Å². The molecule has 0 amide bonds. The Morgan fingerprint density at radius 1 is 1.39 bits per heavy atom. The van der Waals surface area contributed by atoms with Gasteiger partial charge in [-0.2, -0.15) is 0 Å². The van der Waals surface area contributed by atoms with Crippen molar-refractivity contribution in [1.29, 1.82) is 0 Å². The maximum Gasteiger partial charge on any atom is 0.127 e. The van der Waals surface area contributed by atoms with Crippen LogP contribution in [0.25, 0.3) is 11.0 Å². The van der Waals surface area contributed by atoms with E-state index in [9.17, 15) is 4.39 Å². The summed E-state index contributed by atoms with van der Waals surface area (Å²) in [6.07, 6.45) is 3.44. The first kappa shape index (κ1) is 13.3. The molecule has 1 atom stereocenters. The normalized spacial score (nSPS) is 13.1. The predicted molar refractivity (Wildman–Crippen MR) is 73.5 cm³/mol. The molecule has 1 heterocycles. The molecule has 2 aromatic rings. The Morgan fingerprint density at radius 2 is 2.17 bits per heavy atom. The van der Waals surface area contributed by atoms with Gasteiger partial charge in [0.1, 0.15) is 11.6 Å². The number of fused-ring (bicyclic) bond motifs is 1. The van der Waals surface area contributed by atoms with Crippen molar-refractivity contribution in [3.05, 3.63) is 29.8 Å². The van der Waals surface area contributed by atoms with Crippen LogP contribution in [-0.4, -0.2) is 9.55 Å². The van der Waals surface area contributed by atoms with Gasteiger partial charge in [0.25, 0.3) is 0 Å². The van der Waals surface area contributed by atoms with E-state index in [-0.39, 0.29) is 11.2 Å². The van der Waals surface area contributed by atoms with Gasteiger partial charge < -0.3 is 4.57 Å². The van der Waals surface area contributed by atoms with E-state index in [2.05, 4.69) is 16.5 Å². The van der Waals surface area contributed by atoms with E-state index in [0.29, 0.717) is 5.52 Å². The summed E-state index contributed by atoms with van der Waals surface area (Å²) in [5.74, 6) is 0.572. The molecule has 4 heteroatoms. The smallest absolute Gasteiger partial charge is 0.127 e. The zero-order chi connectivity index (χ0) is 13.1. The van der Waals surface area contributed by atoms with Gasteiger partial charge >= 0.3 is 0 Å². The van der Waals surface area contributed by atoms with E-state index >= 15 is 0 Å². The van der Waals surface area contributed by atoms with Crippen molar-refractivity contribution in [2.24, 2.45) is 0 Å². The van der Waals surface area contributed by atoms with Crippen LogP contribution in [0.3, 0.4) is 0 Å². The summed E-state index contributed by atoms with van der Waals surface area (Å²) in [6.45, 7) is 4.96. The molecule has 1 unspecified atom stereocenters. The molecule has 0 aliphatic heterocycles. The highest BCUT2D eigenvalue weighted by atomic mass is 35.5. The van der Waals surface area contributed by atoms with Crippen LogP contribution in [0.4, 0.5) is 4.39 Å². The minimum atomic E-state index is -0.255. The monoisotopic (exact) mass is 268 g/mol. The molecule has 18 heavy (non-hydrogen) atoms. The van der Waals surface area contributed by atoms with E-state index in [1.54, 1.807) is 6.07 Å². The van der Waals surface area contributed by atoms with Crippen molar-refractivity contribution in [3.63, 3.8) is 0 Å². The fourth-order valence-corrected chi connectivity index (χ4v) is 2.35. The van der Waals surface area contributed by atoms with E-state index in [0.717, 1.165) is 24.3 Å². The first-order chi connectivity index (χ1) is 8.63. The van der Waals surface area contributed by atoms with Crippen molar-refractivity contribution >= 4 is 22.6 Å². The zero-order valence-corrected chi connectivity index (χ0v) is 11.5. The largest absolute Gasteiger partial charge is 0.327 e. The molecule has 2 rings (SSSR count). The number of aromatic nitrogens is 2. The lowest BCUT2D eigenvalue weighted by molar-refractivity contribution is 0.591. The van der Waals surface area contributed by atoms with E-state index in [1.165, 1.54) is 25.0 Å². The van der Waals surface area contributed by atoms with Gasteiger partial charge in [-0.3, -0.25) is 0 Å². The van der Waals surface area contributed by atoms with Crippen molar-refractivity contribution in [2.75, 3.05) is 0 Å². The lowest BCUT2D eigenvalue weighted by Gasteiger charge is -2.09. The van der Waals surface area contributed by atoms with Crippen molar-refractivity contribution in [3.8, 4) is 0 Å². The molecular weight excluding hydrogens is 251 g/mol. The predicted octanol–water partition coefficient (Wildman–Crippen LogP) is 4.67. The fourth-order valence-electron chi connectivity index (χ4n) is 2.18. The SMILES string of the molecule is CCCCCn1c(C(C)Cl)nc2cc(F)ccc21. The first-order valence-corrected chi connectivity index (χ1v) is 6.87. The summed E-state index contributed by atoms with van der Waals surface area (Å²) in [7, 11) is 0. The number of hydrogen-bond acceptors (Lipinski definition) is 1. The third-order valence-corrected chi connectivity index (χ3v) is 3.28. The van der Waals surface area contributed by atoms with Gasteiger partial charge in [-0.1, -0.05) is 19.8 Å². The summed E-state index contributed by atoms with van der Waals surface area (Å²) in [4.78, 5) is 4.44. The summed E-state index contributed by atoms with van der Waals surface area (Å²) < 4.78 is 15.3. The first-order valence-electron chi connectivity index (χ1n) is 6.43. The van der Waals surface area contributed by atoms with Crippen LogP contribution in [0.5, 0.6) is 0 Å². The molecule has 98 valence electrons. The number of benzene rings is 1. The summed E-state index contributed by atoms with van der Waals surface area (Å²) in [5, 5.41) is -0.165. The second-order valence-corrected chi connectivity index (χ2v) is 5.23. The van der Waals surface area contributed by atoms with E-state index in [1.807, 2.05) is 6.92 Å². The van der Waals surface area contributed by atoms with Crippen LogP contribution in [-0.2, 0) is 6.54 Å². The Kier molecular flexibility index (Phi) is 4.23. The lowest BCUT2D eigenvalue weighted by Crippen LogP contribution is -2.04. The second kappa shape index (κ2) is 5.70. The molecule has 1 aromatic carbocycles. The van der Waals surface area contributed by atoms with Gasteiger partial charge in [-0.05, 0) is 25.5 Å². The third-order valence-electron chi connectivity index (χ3n) is 3.08. The van der Waals surface area contributed by atoms with Gasteiger partial charge in [-0.15, -0.1) is 11.6 Å². The zero-order valence-electron chi connectivity index (χ0n) is 10.8. The topological polar surface area (TPSA) is 17.8 Å². The number of aryl methyl sites for hydroxylation is 1. The Morgan fingerprint density at radius 3 is 2.83 bits per heavy atom. The van der Waals surface area contributed by atoms with Gasteiger partial charge in [0, 0.05) is 12.6 Å². The van der Waals surface area contributed by atoms with Crippen LogP contribution < -0.4 is 0 Å². The summed E-state index contributed by atoms with van der Waals surface area (Å²) in [6, 6.07) is 4.73. The maximum absolute atomic E-state index is 13.2. The molecule has 0 fully saturated rings. The Hall–Kier alpha value is -1.09. The van der Waals surface area contributed by atoms with Crippen LogP contribution in [0.15, 0.2) is 18.2 Å². The number of rotatable bonds is 5. The van der Waals surface area contributed by atoms with E-state index in [4.69, 9.17) is 11.6 Å². The number of halogens is 2. The highest BCUT2D eigenvalue weighted by Gasteiger charge is 2.14. The second-order valence-electron chi connectivity index (χ2n) is 4.58. The molecule has 0 N–H and O–H groups in total. The Balaban J connectivity index is 2.42. The van der Waals surface area contributed by atoms with Gasteiger partial charge in [0.2, 0.25) is 0 Å². The summed E-state index contributed by atoms with van der Waals surface area (Å²) in [5.41, 5.74) is 1.66. The molecule has 0 aliphatic carbocycles. The molecule has 2 nitrogen and oxygen atoms in total. The average molecular weight is 269 g/mol. The average Bonchev–Trinajstić information content (AvgIpc) is 2.68. The van der Waals surface area contributed by atoms with Crippen molar-refractivity contribution in [1.82, 2.24) is 9.55 Å². The quantitative estimate of drug-likeness (QED) is 0.569. The molecule has 0 spiro atoms. The lowest BCUT2D eigenvalue weighted by atomic mass is 10.2. The molecular formula is C14H18ClFN2. The minimum Gasteiger partial charge on any atom is -0.327 e. The standard InChI is InChI=1S/C14H18ClFN2/c1-3-4-5-8-18-13-7-6-11(16)9-12(13)17-14(18)10(2)15/h6-7,9-10H,3-5,8H2,1-2H3. The Labute approximate surface area is 112 Å². The molecule has 0 saturated carbocycles. The van der Waals surface area contributed by atoms with Gasteiger partial charge in [0.05, 0.1) is 16.4 Å². The fraction of sp³-hybridized carbons (Fsp3) is 0.500. The number of hydrogen-bond donors (Lipinski definition) is 0. The molecule has 0 bridgehead atoms. The number of nitrogens with zero attached hydrogens (tertiary/aromatic N) is 2. The highest BCUT2D eigenvalue weighted by molar-refractivity contribution is 6.20. The van der Waals surface area contributed by atoms with Crippen LogP contribution >= 0.6 is 11.6 Å². The molecule has 0 saturated heterocycles. The molecule has 0 radical (unpaired) electrons. The van der Waals surface area contributed by atoms with Crippen molar-refractivity contribution < 1.29 is 4.39 Å². The number of unbranched alkanes of at least 4 members (excludes halogenated alkanes) is 2. The Bertz CT molecular complexity index is 534. The third kappa shape index (κ3) is 2.66. The van der Waals surface area contributed by atoms with E-state index < -0.39 is 0 Å². The highest BCUT2D eigenvalue weighted by Crippen LogP contribution is 2.25. The van der Waals surface area contributed by atoms with Gasteiger partial charge in [0.15, 0.2) is 0 Å². The summed E-state index contributed by atoms with van der Waals surface area (Å²) >= 11 is 6.16. The van der Waals surface area contributed by atoms with Gasteiger partial charge in [-0.25, -0.2) is 9.37 Å². The molecule has 1 aromatic heterocycles. The number of alkyl halides is 1. The number of imidazole rings is 1.